The van der Waals surface area contributed by atoms with Crippen LogP contribution in [0.1, 0.15) is 24.8 Å². The van der Waals surface area contributed by atoms with Crippen LogP contribution in [0.5, 0.6) is 0 Å². The summed E-state index contributed by atoms with van der Waals surface area (Å²) >= 11 is 1.92. The van der Waals surface area contributed by atoms with Crippen LogP contribution in [0, 0.1) is 5.92 Å². The van der Waals surface area contributed by atoms with E-state index < -0.39 is 0 Å². The number of nitrogens with zero attached hydrogens (tertiary/aromatic N) is 2. The number of guanidine groups is 1. The topological polar surface area (TPSA) is 66.0 Å². The normalized spacial score (nSPS) is 21.3. The van der Waals surface area contributed by atoms with Crippen molar-refractivity contribution in [2.45, 2.75) is 30.4 Å². The predicted octanol–water partition coefficient (Wildman–Crippen LogP) is 2.77. The average Bonchev–Trinajstić information content (AvgIpc) is 3.13. The monoisotopic (exact) mass is 546 g/mol. The molecule has 0 aliphatic carbocycles. The molecule has 0 spiro atoms. The minimum Gasteiger partial charge on any atom is -0.381 e. The lowest BCUT2D eigenvalue weighted by atomic mass is 9.99. The van der Waals surface area contributed by atoms with Crippen LogP contribution in [0.3, 0.4) is 0 Å². The first-order valence-electron chi connectivity index (χ1n) is 10.5. The van der Waals surface area contributed by atoms with Crippen LogP contribution < -0.4 is 10.6 Å². The highest BCUT2D eigenvalue weighted by atomic mass is 127. The maximum atomic E-state index is 12.4. The Hall–Kier alpha value is -1.000. The van der Waals surface area contributed by atoms with Crippen LogP contribution in [-0.4, -0.2) is 74.2 Å². The molecule has 0 bridgehead atoms. The number of likely N-dealkylation sites (tertiary alicyclic amines) is 1. The largest absolute Gasteiger partial charge is 0.381 e. The number of ether oxygens (including phenoxy) is 1. The number of hydrogen-bond donors (Lipinski definition) is 2. The number of nitrogens with one attached hydrogen (secondary N) is 2. The van der Waals surface area contributed by atoms with Gasteiger partial charge < -0.3 is 20.3 Å². The molecule has 0 radical (unpaired) electrons. The summed E-state index contributed by atoms with van der Waals surface area (Å²) in [6, 6.07) is 10.4. The van der Waals surface area contributed by atoms with E-state index in [0.717, 1.165) is 64.6 Å². The standard InChI is InChI=1S/C22H34N4O2S.HI/c1-23-21(25-17-22(29-2)9-12-28-13-10-22)24-15-19-14-20(27)26(16-19)11-8-18-6-4-3-5-7-18;/h3-7,19H,8-17H2,1-2H3,(H2,23,24,25);1H. The SMILES string of the molecule is CN=C(NCC1CC(=O)N(CCc2ccccc2)C1)NCC1(SC)CCOCC1.I. The van der Waals surface area contributed by atoms with Crippen molar-refractivity contribution in [1.82, 2.24) is 15.5 Å². The van der Waals surface area contributed by atoms with Crippen LogP contribution in [0.4, 0.5) is 0 Å². The minimum atomic E-state index is 0. The Bertz CT molecular complexity index is 683. The quantitative estimate of drug-likeness (QED) is 0.298. The second-order valence-corrected chi connectivity index (χ2v) is 9.23. The van der Waals surface area contributed by atoms with Gasteiger partial charge in [0.2, 0.25) is 5.91 Å². The number of rotatable bonds is 8. The van der Waals surface area contributed by atoms with Gasteiger partial charge in [-0.25, -0.2) is 0 Å². The van der Waals surface area contributed by atoms with Crippen molar-refractivity contribution in [3.05, 3.63) is 35.9 Å². The fourth-order valence-electron chi connectivity index (χ4n) is 4.02. The third-order valence-corrected chi connectivity index (χ3v) is 7.42. The Morgan fingerprint density at radius 1 is 1.27 bits per heavy atom. The highest BCUT2D eigenvalue weighted by molar-refractivity contribution is 14.0. The molecule has 168 valence electrons. The maximum absolute atomic E-state index is 12.4. The zero-order valence-corrected chi connectivity index (χ0v) is 21.2. The summed E-state index contributed by atoms with van der Waals surface area (Å²) < 4.78 is 5.74. The molecule has 2 aliphatic heterocycles. The summed E-state index contributed by atoms with van der Waals surface area (Å²) in [5.74, 6) is 1.41. The van der Waals surface area contributed by atoms with E-state index in [1.165, 1.54) is 5.56 Å². The molecule has 1 atom stereocenters. The van der Waals surface area contributed by atoms with E-state index in [1.54, 1.807) is 7.05 Å². The first-order chi connectivity index (χ1) is 14.1. The molecule has 1 aromatic carbocycles. The predicted molar refractivity (Wildman–Crippen MR) is 136 cm³/mol. The lowest BCUT2D eigenvalue weighted by Crippen LogP contribution is -2.48. The molecule has 1 unspecified atom stereocenters. The van der Waals surface area contributed by atoms with Crippen LogP contribution in [0.15, 0.2) is 35.3 Å². The minimum absolute atomic E-state index is 0. The number of thioether (sulfide) groups is 1. The Kier molecular flexibility index (Phi) is 10.7. The third-order valence-electron chi connectivity index (χ3n) is 6.00. The van der Waals surface area contributed by atoms with E-state index in [1.807, 2.05) is 34.9 Å². The molecule has 2 N–H and O–H groups in total. The van der Waals surface area contributed by atoms with Crippen molar-refractivity contribution >= 4 is 47.6 Å². The number of aliphatic imine (C=N–C) groups is 1. The first kappa shape index (κ1) is 25.3. The average molecular weight is 547 g/mol. The molecule has 30 heavy (non-hydrogen) atoms. The Morgan fingerprint density at radius 3 is 2.67 bits per heavy atom. The second kappa shape index (κ2) is 12.8. The first-order valence-corrected chi connectivity index (χ1v) is 11.8. The third kappa shape index (κ3) is 7.30. The van der Waals surface area contributed by atoms with E-state index in [9.17, 15) is 4.79 Å². The highest BCUT2D eigenvalue weighted by Gasteiger charge is 2.32. The summed E-state index contributed by atoms with van der Waals surface area (Å²) in [4.78, 5) is 18.7. The number of hydrogen-bond acceptors (Lipinski definition) is 4. The molecule has 2 aliphatic rings. The van der Waals surface area contributed by atoms with Crippen molar-refractivity contribution < 1.29 is 9.53 Å². The van der Waals surface area contributed by atoms with Crippen LogP contribution >= 0.6 is 35.7 Å². The molecule has 2 fully saturated rings. The fourth-order valence-corrected chi connectivity index (χ4v) is 4.81. The summed E-state index contributed by atoms with van der Waals surface area (Å²) in [5, 5.41) is 6.91. The molecular weight excluding hydrogens is 511 g/mol. The fraction of sp³-hybridized carbons (Fsp3) is 0.636. The van der Waals surface area contributed by atoms with E-state index in [2.05, 4.69) is 34.0 Å². The lowest BCUT2D eigenvalue weighted by Gasteiger charge is -2.36. The van der Waals surface area contributed by atoms with E-state index >= 15 is 0 Å². The van der Waals surface area contributed by atoms with Crippen molar-refractivity contribution in [1.29, 1.82) is 0 Å². The Morgan fingerprint density at radius 2 is 2.00 bits per heavy atom. The van der Waals surface area contributed by atoms with Crippen molar-refractivity contribution in [3.8, 4) is 0 Å². The molecule has 1 amide bonds. The Balaban J connectivity index is 0.00000320. The summed E-state index contributed by atoms with van der Waals surface area (Å²) in [7, 11) is 1.80. The molecule has 2 heterocycles. The van der Waals surface area contributed by atoms with Gasteiger partial charge in [0.05, 0.1) is 0 Å². The van der Waals surface area contributed by atoms with Crippen molar-refractivity contribution in [2.75, 3.05) is 52.7 Å². The summed E-state index contributed by atoms with van der Waals surface area (Å²) in [6.07, 6.45) is 5.83. The summed E-state index contributed by atoms with van der Waals surface area (Å²) in [6.45, 7) is 4.92. The molecule has 1 aromatic rings. The molecule has 8 heteroatoms. The number of carbonyl (C=O) groups excluding carboxylic acids is 1. The van der Waals surface area contributed by atoms with E-state index in [-0.39, 0.29) is 34.6 Å². The van der Waals surface area contributed by atoms with E-state index in [0.29, 0.717) is 12.3 Å². The van der Waals surface area contributed by atoms with Crippen LogP contribution in [0.25, 0.3) is 0 Å². The van der Waals surface area contributed by atoms with Crippen molar-refractivity contribution in [3.63, 3.8) is 0 Å². The smallest absolute Gasteiger partial charge is 0.223 e. The van der Waals surface area contributed by atoms with Gasteiger partial charge in [-0.3, -0.25) is 9.79 Å². The number of halogens is 1. The van der Waals surface area contributed by atoms with Gasteiger partial charge in [-0.1, -0.05) is 30.3 Å². The van der Waals surface area contributed by atoms with E-state index in [4.69, 9.17) is 4.74 Å². The van der Waals surface area contributed by atoms with Gasteiger partial charge in [-0.15, -0.1) is 24.0 Å². The van der Waals surface area contributed by atoms with Gasteiger partial charge in [-0.05, 0) is 31.1 Å². The number of carbonyl (C=O) groups is 1. The van der Waals surface area contributed by atoms with Gasteiger partial charge in [0.15, 0.2) is 5.96 Å². The molecule has 0 saturated carbocycles. The number of benzene rings is 1. The van der Waals surface area contributed by atoms with Gasteiger partial charge in [0.25, 0.3) is 0 Å². The van der Waals surface area contributed by atoms with Crippen LogP contribution in [0.2, 0.25) is 0 Å². The van der Waals surface area contributed by atoms with Gasteiger partial charge >= 0.3 is 0 Å². The molecule has 0 aromatic heterocycles. The molecule has 3 rings (SSSR count). The van der Waals surface area contributed by atoms with Gasteiger partial charge in [0.1, 0.15) is 0 Å². The molecular formula is C22H35IN4O2S. The lowest BCUT2D eigenvalue weighted by molar-refractivity contribution is -0.127. The van der Waals surface area contributed by atoms with Crippen LogP contribution in [-0.2, 0) is 16.0 Å². The van der Waals surface area contributed by atoms with Gasteiger partial charge in [0, 0.05) is 63.5 Å². The van der Waals surface area contributed by atoms with Crippen molar-refractivity contribution in [2.24, 2.45) is 10.9 Å². The zero-order valence-electron chi connectivity index (χ0n) is 18.1. The van der Waals surface area contributed by atoms with Gasteiger partial charge in [-0.2, -0.15) is 11.8 Å². The second-order valence-electron chi connectivity index (χ2n) is 7.95. The molecule has 6 nitrogen and oxygen atoms in total. The number of amides is 1. The maximum Gasteiger partial charge on any atom is 0.223 e. The highest BCUT2D eigenvalue weighted by Crippen LogP contribution is 2.32. The Labute approximate surface area is 202 Å². The summed E-state index contributed by atoms with van der Waals surface area (Å²) in [5.41, 5.74) is 1.28. The zero-order chi connectivity index (χ0) is 20.5. The molecule has 2 saturated heterocycles.